The van der Waals surface area contributed by atoms with E-state index in [0.717, 1.165) is 18.4 Å². The minimum absolute atomic E-state index is 0.104. The molecule has 1 aromatic rings. The van der Waals surface area contributed by atoms with Crippen LogP contribution in [0.4, 0.5) is 0 Å². The Balaban J connectivity index is 2.01. The Morgan fingerprint density at radius 3 is 2.26 bits per heavy atom. The van der Waals surface area contributed by atoms with Gasteiger partial charge in [-0.05, 0) is 29.4 Å². The number of nitrogens with zero attached hydrogens (tertiary/aromatic N) is 1. The molecule has 2 rings (SSSR count). The molecule has 0 aliphatic carbocycles. The number of hydrogen-bond donors (Lipinski definition) is 1. The summed E-state index contributed by atoms with van der Waals surface area (Å²) in [6.07, 6.45) is 1.33. The normalized spacial score (nSPS) is 22.8. The summed E-state index contributed by atoms with van der Waals surface area (Å²) in [6.45, 7) is 14.5. The van der Waals surface area contributed by atoms with Gasteiger partial charge in [-0.1, -0.05) is 58.9 Å². The molecule has 0 saturated carbocycles. The molecule has 1 aromatic carbocycles. The van der Waals surface area contributed by atoms with E-state index in [9.17, 15) is 4.79 Å². The number of nitrogens with one attached hydrogen (secondary N) is 1. The van der Waals surface area contributed by atoms with E-state index >= 15 is 0 Å². The predicted molar refractivity (Wildman–Crippen MR) is 96.0 cm³/mol. The fraction of sp³-hybridized carbons (Fsp3) is 0.650. The number of amides is 1. The van der Waals surface area contributed by atoms with E-state index in [1.54, 1.807) is 0 Å². The van der Waals surface area contributed by atoms with Gasteiger partial charge in [0.1, 0.15) is 0 Å². The zero-order valence-corrected chi connectivity index (χ0v) is 15.4. The molecule has 1 aliphatic heterocycles. The minimum atomic E-state index is -0.341. The highest BCUT2D eigenvalue weighted by Gasteiger charge is 2.23. The van der Waals surface area contributed by atoms with E-state index < -0.39 is 0 Å². The molecule has 0 aromatic heterocycles. The molecular weight excluding hydrogens is 284 g/mol. The van der Waals surface area contributed by atoms with Gasteiger partial charge in [-0.15, -0.1) is 0 Å². The lowest BCUT2D eigenvalue weighted by Gasteiger charge is -2.35. The van der Waals surface area contributed by atoms with Crippen LogP contribution in [-0.2, 0) is 17.9 Å². The van der Waals surface area contributed by atoms with Gasteiger partial charge in [0.15, 0.2) is 0 Å². The van der Waals surface area contributed by atoms with Crippen molar-refractivity contribution in [3.05, 3.63) is 35.4 Å². The van der Waals surface area contributed by atoms with Crippen molar-refractivity contribution < 1.29 is 4.79 Å². The molecule has 1 amide bonds. The summed E-state index contributed by atoms with van der Waals surface area (Å²) >= 11 is 0. The fourth-order valence-electron chi connectivity index (χ4n) is 3.49. The number of hydrogen-bond acceptors (Lipinski definition) is 2. The van der Waals surface area contributed by atoms with Crippen LogP contribution < -0.4 is 5.32 Å². The lowest BCUT2D eigenvalue weighted by Crippen LogP contribution is -2.38. The van der Waals surface area contributed by atoms with Gasteiger partial charge in [0.05, 0.1) is 0 Å². The number of benzene rings is 1. The van der Waals surface area contributed by atoms with E-state index in [0.29, 0.717) is 6.54 Å². The molecule has 2 unspecified atom stereocenters. The van der Waals surface area contributed by atoms with E-state index in [-0.39, 0.29) is 11.3 Å². The lowest BCUT2D eigenvalue weighted by molar-refractivity contribution is -0.128. The molecule has 1 aliphatic rings. The maximum absolute atomic E-state index is 12.1. The monoisotopic (exact) mass is 316 g/mol. The van der Waals surface area contributed by atoms with Crippen molar-refractivity contribution in [2.75, 3.05) is 13.1 Å². The van der Waals surface area contributed by atoms with Crippen LogP contribution in [-0.4, -0.2) is 23.9 Å². The molecule has 1 N–H and O–H groups in total. The topological polar surface area (TPSA) is 32.3 Å². The van der Waals surface area contributed by atoms with Crippen molar-refractivity contribution in [2.45, 2.75) is 54.1 Å². The maximum atomic E-state index is 12.1. The molecule has 1 fully saturated rings. The highest BCUT2D eigenvalue weighted by atomic mass is 16.2. The Morgan fingerprint density at radius 1 is 1.13 bits per heavy atom. The molecule has 2 atom stereocenters. The molecular formula is C20H32N2O. The zero-order valence-electron chi connectivity index (χ0n) is 15.4. The summed E-state index contributed by atoms with van der Waals surface area (Å²) in [5, 5.41) is 3.08. The number of carbonyl (C=O) groups excluding carboxylic acids is 1. The number of rotatable bonds is 4. The average molecular weight is 316 g/mol. The highest BCUT2D eigenvalue weighted by molar-refractivity contribution is 5.81. The molecule has 23 heavy (non-hydrogen) atoms. The molecule has 3 nitrogen and oxygen atoms in total. The second-order valence-corrected chi connectivity index (χ2v) is 8.34. The number of carbonyl (C=O) groups is 1. The SMILES string of the molecule is CC1CC(C)CN(Cc2ccccc2CNC(=O)C(C)(C)C)C1. The average Bonchev–Trinajstić information content (AvgIpc) is 2.44. The van der Waals surface area contributed by atoms with Crippen LogP contribution in [0.2, 0.25) is 0 Å². The number of likely N-dealkylation sites (tertiary alicyclic amines) is 1. The Bertz CT molecular complexity index is 523. The molecule has 1 heterocycles. The van der Waals surface area contributed by atoms with Gasteiger partial charge in [-0.2, -0.15) is 0 Å². The first-order valence-electron chi connectivity index (χ1n) is 8.83. The van der Waals surface area contributed by atoms with Crippen molar-refractivity contribution in [3.63, 3.8) is 0 Å². The predicted octanol–water partition coefficient (Wildman–Crippen LogP) is 3.83. The molecule has 3 heteroatoms. The van der Waals surface area contributed by atoms with E-state index in [1.165, 1.54) is 30.6 Å². The van der Waals surface area contributed by atoms with Crippen LogP contribution in [0.3, 0.4) is 0 Å². The van der Waals surface area contributed by atoms with Crippen LogP contribution in [0.25, 0.3) is 0 Å². The van der Waals surface area contributed by atoms with Crippen LogP contribution >= 0.6 is 0 Å². The first kappa shape index (κ1) is 18.0. The first-order chi connectivity index (χ1) is 10.8. The number of piperidine rings is 1. The summed E-state index contributed by atoms with van der Waals surface area (Å²) in [5.41, 5.74) is 2.23. The molecule has 0 bridgehead atoms. The van der Waals surface area contributed by atoms with Crippen molar-refractivity contribution in [3.8, 4) is 0 Å². The standard InChI is InChI=1S/C20H32N2O/c1-15-10-16(2)13-22(12-15)14-18-9-7-6-8-17(18)11-21-19(23)20(3,4)5/h6-9,15-16H,10-14H2,1-5H3,(H,21,23). The van der Waals surface area contributed by atoms with Gasteiger partial charge < -0.3 is 5.32 Å². The first-order valence-corrected chi connectivity index (χ1v) is 8.83. The van der Waals surface area contributed by atoms with Crippen LogP contribution in [0, 0.1) is 17.3 Å². The van der Waals surface area contributed by atoms with Crippen molar-refractivity contribution >= 4 is 5.91 Å². The molecule has 0 radical (unpaired) electrons. The van der Waals surface area contributed by atoms with Crippen LogP contribution in [0.15, 0.2) is 24.3 Å². The second kappa shape index (κ2) is 7.48. The summed E-state index contributed by atoms with van der Waals surface area (Å²) in [6, 6.07) is 8.49. The Labute approximate surface area is 141 Å². The third-order valence-corrected chi connectivity index (χ3v) is 4.58. The van der Waals surface area contributed by atoms with E-state index in [2.05, 4.69) is 48.3 Å². The smallest absolute Gasteiger partial charge is 0.225 e. The quantitative estimate of drug-likeness (QED) is 0.915. The van der Waals surface area contributed by atoms with E-state index in [4.69, 9.17) is 0 Å². The summed E-state index contributed by atoms with van der Waals surface area (Å²) in [7, 11) is 0. The van der Waals surface area contributed by atoms with Gasteiger partial charge in [-0.25, -0.2) is 0 Å². The summed E-state index contributed by atoms with van der Waals surface area (Å²) < 4.78 is 0. The Hall–Kier alpha value is -1.35. The van der Waals surface area contributed by atoms with Gasteiger partial charge >= 0.3 is 0 Å². The minimum Gasteiger partial charge on any atom is -0.352 e. The Morgan fingerprint density at radius 2 is 1.70 bits per heavy atom. The maximum Gasteiger partial charge on any atom is 0.225 e. The lowest BCUT2D eigenvalue weighted by atomic mass is 9.91. The van der Waals surface area contributed by atoms with E-state index in [1.807, 2.05) is 20.8 Å². The second-order valence-electron chi connectivity index (χ2n) is 8.34. The van der Waals surface area contributed by atoms with Crippen molar-refractivity contribution in [1.82, 2.24) is 10.2 Å². The molecule has 1 saturated heterocycles. The van der Waals surface area contributed by atoms with Crippen molar-refractivity contribution in [1.29, 1.82) is 0 Å². The fourth-order valence-corrected chi connectivity index (χ4v) is 3.49. The molecule has 128 valence electrons. The molecule has 0 spiro atoms. The Kier molecular flexibility index (Phi) is 5.85. The third-order valence-electron chi connectivity index (χ3n) is 4.58. The van der Waals surface area contributed by atoms with Crippen LogP contribution in [0.5, 0.6) is 0 Å². The largest absolute Gasteiger partial charge is 0.352 e. The summed E-state index contributed by atoms with van der Waals surface area (Å²) in [5.74, 6) is 1.64. The third kappa shape index (κ3) is 5.35. The van der Waals surface area contributed by atoms with Crippen molar-refractivity contribution in [2.24, 2.45) is 17.3 Å². The van der Waals surface area contributed by atoms with Crippen LogP contribution in [0.1, 0.15) is 52.2 Å². The van der Waals surface area contributed by atoms with Gasteiger partial charge in [0.2, 0.25) is 5.91 Å². The van der Waals surface area contributed by atoms with Gasteiger partial charge in [0.25, 0.3) is 0 Å². The van der Waals surface area contributed by atoms with Gasteiger partial charge in [0, 0.05) is 31.6 Å². The highest BCUT2D eigenvalue weighted by Crippen LogP contribution is 2.23. The van der Waals surface area contributed by atoms with Gasteiger partial charge in [-0.3, -0.25) is 9.69 Å². The summed E-state index contributed by atoms with van der Waals surface area (Å²) in [4.78, 5) is 14.7. The zero-order chi connectivity index (χ0) is 17.0.